The topological polar surface area (TPSA) is 48.4 Å². The van der Waals surface area contributed by atoms with Gasteiger partial charge in [-0.2, -0.15) is 0 Å². The second-order valence-electron chi connectivity index (χ2n) is 3.63. The lowest BCUT2D eigenvalue weighted by atomic mass is 10.0. The number of aromatic nitrogens is 1. The first kappa shape index (κ1) is 12.1. The lowest BCUT2D eigenvalue weighted by Crippen LogP contribution is -1.94. The molecule has 1 aromatic heterocycles. The van der Waals surface area contributed by atoms with Crippen LogP contribution in [0.2, 0.25) is 0 Å². The monoisotopic (exact) mass is 243 g/mol. The van der Waals surface area contributed by atoms with Gasteiger partial charge in [0, 0.05) is 17.8 Å². The smallest absolute Gasteiger partial charge is 0.213 e. The van der Waals surface area contributed by atoms with E-state index in [4.69, 9.17) is 9.47 Å². The van der Waals surface area contributed by atoms with Crippen LogP contribution in [0.15, 0.2) is 36.5 Å². The van der Waals surface area contributed by atoms with Gasteiger partial charge in [0.05, 0.1) is 19.8 Å². The molecule has 0 atom stereocenters. The Labute approximate surface area is 105 Å². The third-order valence-electron chi connectivity index (χ3n) is 2.63. The zero-order chi connectivity index (χ0) is 13.0. The van der Waals surface area contributed by atoms with Gasteiger partial charge in [0.25, 0.3) is 0 Å². The van der Waals surface area contributed by atoms with Crippen LogP contribution in [0.5, 0.6) is 11.6 Å². The fourth-order valence-corrected chi connectivity index (χ4v) is 1.79. The molecule has 0 unspecified atom stereocenters. The number of hydrogen-bond donors (Lipinski definition) is 0. The van der Waals surface area contributed by atoms with Crippen molar-refractivity contribution >= 4 is 6.29 Å². The third-order valence-corrected chi connectivity index (χ3v) is 2.63. The zero-order valence-corrected chi connectivity index (χ0v) is 10.2. The summed E-state index contributed by atoms with van der Waals surface area (Å²) in [7, 11) is 3.11. The molecule has 18 heavy (non-hydrogen) atoms. The lowest BCUT2D eigenvalue weighted by molar-refractivity contribution is 0.112. The van der Waals surface area contributed by atoms with Gasteiger partial charge in [0.2, 0.25) is 5.88 Å². The van der Waals surface area contributed by atoms with Gasteiger partial charge in [0.15, 0.2) is 6.29 Å². The molecule has 0 fully saturated rings. The van der Waals surface area contributed by atoms with Crippen molar-refractivity contribution in [3.63, 3.8) is 0 Å². The van der Waals surface area contributed by atoms with Crippen molar-refractivity contribution in [1.29, 1.82) is 0 Å². The average molecular weight is 243 g/mol. The van der Waals surface area contributed by atoms with Gasteiger partial charge in [-0.1, -0.05) is 12.1 Å². The van der Waals surface area contributed by atoms with Crippen molar-refractivity contribution in [3.8, 4) is 22.8 Å². The highest BCUT2D eigenvalue weighted by Gasteiger charge is 2.10. The van der Waals surface area contributed by atoms with Crippen LogP contribution >= 0.6 is 0 Å². The van der Waals surface area contributed by atoms with Gasteiger partial charge in [-0.05, 0) is 17.7 Å². The first-order chi connectivity index (χ1) is 8.80. The largest absolute Gasteiger partial charge is 0.495 e. The Bertz CT molecular complexity index is 567. The Morgan fingerprint density at radius 2 is 2.00 bits per heavy atom. The van der Waals surface area contributed by atoms with Crippen LogP contribution in [-0.2, 0) is 0 Å². The van der Waals surface area contributed by atoms with Crippen molar-refractivity contribution in [3.05, 3.63) is 42.1 Å². The van der Waals surface area contributed by atoms with E-state index in [1.165, 1.54) is 0 Å². The molecule has 2 aromatic rings. The second-order valence-corrected chi connectivity index (χ2v) is 3.63. The van der Waals surface area contributed by atoms with Gasteiger partial charge < -0.3 is 9.47 Å². The first-order valence-electron chi connectivity index (χ1n) is 5.42. The summed E-state index contributed by atoms with van der Waals surface area (Å²) < 4.78 is 10.4. The van der Waals surface area contributed by atoms with Gasteiger partial charge in [0.1, 0.15) is 5.75 Å². The van der Waals surface area contributed by atoms with Crippen LogP contribution in [0.25, 0.3) is 11.1 Å². The quantitative estimate of drug-likeness (QED) is 0.774. The Balaban J connectivity index is 2.59. The summed E-state index contributed by atoms with van der Waals surface area (Å²) >= 11 is 0. The fraction of sp³-hybridized carbons (Fsp3) is 0.143. The van der Waals surface area contributed by atoms with Gasteiger partial charge in [-0.25, -0.2) is 4.98 Å². The number of methoxy groups -OCH3 is 2. The molecule has 92 valence electrons. The fourth-order valence-electron chi connectivity index (χ4n) is 1.79. The third kappa shape index (κ3) is 2.18. The zero-order valence-electron chi connectivity index (χ0n) is 10.2. The Hall–Kier alpha value is -2.36. The summed E-state index contributed by atoms with van der Waals surface area (Å²) in [5.41, 5.74) is 2.25. The maximum absolute atomic E-state index is 11.0. The number of carbonyl (C=O) groups is 1. The van der Waals surface area contributed by atoms with E-state index in [1.807, 2.05) is 18.2 Å². The molecule has 0 saturated carbocycles. The number of carbonyl (C=O) groups excluding carboxylic acids is 1. The first-order valence-corrected chi connectivity index (χ1v) is 5.42. The molecule has 1 aromatic carbocycles. The minimum absolute atomic E-state index is 0.519. The van der Waals surface area contributed by atoms with Gasteiger partial charge in [-0.3, -0.25) is 4.79 Å². The number of ether oxygens (including phenoxy) is 2. The highest BCUT2D eigenvalue weighted by Crippen LogP contribution is 2.33. The lowest BCUT2D eigenvalue weighted by Gasteiger charge is -2.11. The number of hydrogen-bond acceptors (Lipinski definition) is 4. The highest BCUT2D eigenvalue weighted by molar-refractivity contribution is 5.86. The molecule has 4 nitrogen and oxygen atoms in total. The minimum Gasteiger partial charge on any atom is -0.495 e. The number of para-hydroxylation sites is 1. The number of benzene rings is 1. The molecule has 0 aliphatic heterocycles. The van der Waals surface area contributed by atoms with Gasteiger partial charge >= 0.3 is 0 Å². The van der Waals surface area contributed by atoms with Crippen LogP contribution < -0.4 is 9.47 Å². The minimum atomic E-state index is 0.519. The molecule has 4 heteroatoms. The standard InChI is InChI=1S/C14H13NO3/c1-17-13-8-10(6-7-15-13)12-5-3-4-11(9-16)14(12)18-2/h3-9H,1-2H3. The Morgan fingerprint density at radius 1 is 1.17 bits per heavy atom. The molecule has 0 bridgehead atoms. The van der Waals surface area contributed by atoms with E-state index in [9.17, 15) is 4.79 Å². The molecule has 0 aliphatic carbocycles. The molecule has 0 aliphatic rings. The molecule has 1 heterocycles. The molecule has 0 amide bonds. The Kier molecular flexibility index (Phi) is 3.57. The predicted molar refractivity (Wildman–Crippen MR) is 68.2 cm³/mol. The molecule has 0 radical (unpaired) electrons. The summed E-state index contributed by atoms with van der Waals surface area (Å²) in [4.78, 5) is 15.0. The van der Waals surface area contributed by atoms with Crippen LogP contribution in [0.3, 0.4) is 0 Å². The average Bonchev–Trinajstić information content (AvgIpc) is 2.46. The van der Waals surface area contributed by atoms with E-state index < -0.39 is 0 Å². The summed E-state index contributed by atoms with van der Waals surface area (Å²) in [6.07, 6.45) is 2.43. The van der Waals surface area contributed by atoms with Crippen molar-refractivity contribution in [1.82, 2.24) is 4.98 Å². The van der Waals surface area contributed by atoms with Crippen molar-refractivity contribution in [2.75, 3.05) is 14.2 Å². The summed E-state index contributed by atoms with van der Waals surface area (Å²) in [6.45, 7) is 0. The van der Waals surface area contributed by atoms with Crippen LogP contribution in [0.1, 0.15) is 10.4 Å². The second kappa shape index (κ2) is 5.31. The molecule has 0 spiro atoms. The summed E-state index contributed by atoms with van der Waals surface area (Å²) in [5.74, 6) is 1.08. The SMILES string of the molecule is COc1cc(-c2cccc(C=O)c2OC)ccn1. The maximum atomic E-state index is 11.0. The van der Waals surface area contributed by atoms with Crippen molar-refractivity contribution < 1.29 is 14.3 Å². The number of aldehydes is 1. The van der Waals surface area contributed by atoms with E-state index in [1.54, 1.807) is 32.5 Å². The highest BCUT2D eigenvalue weighted by atomic mass is 16.5. The van der Waals surface area contributed by atoms with Crippen molar-refractivity contribution in [2.24, 2.45) is 0 Å². The normalized spacial score (nSPS) is 9.89. The summed E-state index contributed by atoms with van der Waals surface area (Å²) in [6, 6.07) is 9.06. The van der Waals surface area contributed by atoms with Crippen molar-refractivity contribution in [2.45, 2.75) is 0 Å². The Morgan fingerprint density at radius 3 is 2.67 bits per heavy atom. The molecule has 0 N–H and O–H groups in total. The molecular formula is C14H13NO3. The van der Waals surface area contributed by atoms with E-state index in [0.29, 0.717) is 17.2 Å². The molecule has 2 rings (SSSR count). The molecule has 0 saturated heterocycles. The van der Waals surface area contributed by atoms with E-state index in [-0.39, 0.29) is 0 Å². The number of pyridine rings is 1. The van der Waals surface area contributed by atoms with E-state index in [0.717, 1.165) is 17.4 Å². The number of nitrogens with zero attached hydrogens (tertiary/aromatic N) is 1. The van der Waals surface area contributed by atoms with Gasteiger partial charge in [-0.15, -0.1) is 0 Å². The van der Waals surface area contributed by atoms with Crippen LogP contribution in [0, 0.1) is 0 Å². The van der Waals surface area contributed by atoms with E-state index >= 15 is 0 Å². The van der Waals surface area contributed by atoms with Crippen LogP contribution in [0.4, 0.5) is 0 Å². The van der Waals surface area contributed by atoms with E-state index in [2.05, 4.69) is 4.98 Å². The van der Waals surface area contributed by atoms with Crippen LogP contribution in [-0.4, -0.2) is 25.5 Å². The summed E-state index contributed by atoms with van der Waals surface area (Å²) in [5, 5.41) is 0. The maximum Gasteiger partial charge on any atom is 0.213 e. The number of rotatable bonds is 4. The molecular weight excluding hydrogens is 230 g/mol. The predicted octanol–water partition coefficient (Wildman–Crippen LogP) is 2.58.